The predicted octanol–water partition coefficient (Wildman–Crippen LogP) is 3.16. The lowest BCUT2D eigenvalue weighted by atomic mass is 9.85. The number of amides is 1. The zero-order chi connectivity index (χ0) is 18.0. The second-order valence-electron chi connectivity index (χ2n) is 7.30. The minimum atomic E-state index is -1.15. The van der Waals surface area contributed by atoms with E-state index >= 15 is 0 Å². The third kappa shape index (κ3) is 5.03. The Hall–Kier alpha value is -1.95. The summed E-state index contributed by atoms with van der Waals surface area (Å²) in [5, 5.41) is 10.6. The van der Waals surface area contributed by atoms with Crippen molar-refractivity contribution in [3.05, 3.63) is 35.6 Å². The van der Waals surface area contributed by atoms with E-state index in [9.17, 15) is 19.1 Å². The normalized spacial score (nSPS) is 17.5. The van der Waals surface area contributed by atoms with Gasteiger partial charge in [-0.2, -0.15) is 0 Å². The molecular formula is C18H24FNO4. The number of nitrogens with zero attached hydrogens (tertiary/aromatic N) is 1. The average molecular weight is 337 g/mol. The van der Waals surface area contributed by atoms with Gasteiger partial charge in [0.25, 0.3) is 0 Å². The third-order valence-electron chi connectivity index (χ3n) is 4.00. The summed E-state index contributed by atoms with van der Waals surface area (Å²) in [6.45, 7) is 6.07. The van der Waals surface area contributed by atoms with Gasteiger partial charge in [-0.1, -0.05) is 0 Å². The van der Waals surface area contributed by atoms with Crippen molar-refractivity contribution in [1.82, 2.24) is 4.90 Å². The molecule has 1 amide bonds. The van der Waals surface area contributed by atoms with Crippen LogP contribution in [0.4, 0.5) is 9.18 Å². The molecule has 1 aliphatic heterocycles. The monoisotopic (exact) mass is 337 g/mol. The summed E-state index contributed by atoms with van der Waals surface area (Å²) in [5.41, 5.74) is -1.34. The van der Waals surface area contributed by atoms with Crippen molar-refractivity contribution in [3.63, 3.8) is 0 Å². The number of carbonyl (C=O) groups is 2. The summed E-state index contributed by atoms with van der Waals surface area (Å²) < 4.78 is 18.2. The molecule has 0 aliphatic carbocycles. The first-order chi connectivity index (χ1) is 11.1. The standard InChI is InChI=1S/C18H24FNO4/c1-17(2,3)24-16(22)20-10-8-18(23,9-11-20)12-15(21)13-4-6-14(19)7-5-13/h4-7,23H,8-12H2,1-3H3. The molecule has 0 saturated carbocycles. The van der Waals surface area contributed by atoms with Crippen LogP contribution in [0.5, 0.6) is 0 Å². The Morgan fingerprint density at radius 3 is 2.25 bits per heavy atom. The van der Waals surface area contributed by atoms with Crippen LogP contribution in [0.1, 0.15) is 50.4 Å². The van der Waals surface area contributed by atoms with Crippen LogP contribution in [0.15, 0.2) is 24.3 Å². The van der Waals surface area contributed by atoms with Crippen molar-refractivity contribution in [2.24, 2.45) is 0 Å². The summed E-state index contributed by atoms with van der Waals surface area (Å²) in [5.74, 6) is -0.640. The molecule has 2 rings (SSSR count). The van der Waals surface area contributed by atoms with Crippen molar-refractivity contribution in [2.45, 2.75) is 51.2 Å². The van der Waals surface area contributed by atoms with Crippen LogP contribution in [0.3, 0.4) is 0 Å². The second-order valence-corrected chi connectivity index (χ2v) is 7.30. The van der Waals surface area contributed by atoms with Crippen LogP contribution in [0, 0.1) is 5.82 Å². The fraction of sp³-hybridized carbons (Fsp3) is 0.556. The number of hydrogen-bond acceptors (Lipinski definition) is 4. The van der Waals surface area contributed by atoms with Crippen molar-refractivity contribution < 1.29 is 23.8 Å². The first-order valence-electron chi connectivity index (χ1n) is 8.07. The zero-order valence-corrected chi connectivity index (χ0v) is 14.3. The molecule has 0 spiro atoms. The van der Waals surface area contributed by atoms with E-state index in [1.807, 2.05) is 0 Å². The molecule has 6 heteroatoms. The first-order valence-corrected chi connectivity index (χ1v) is 8.07. The van der Waals surface area contributed by atoms with Crippen molar-refractivity contribution >= 4 is 11.9 Å². The Balaban J connectivity index is 1.91. The zero-order valence-electron chi connectivity index (χ0n) is 14.3. The molecule has 1 heterocycles. The van der Waals surface area contributed by atoms with Crippen LogP contribution in [0.2, 0.25) is 0 Å². The van der Waals surface area contributed by atoms with Gasteiger partial charge in [-0.05, 0) is 57.9 Å². The lowest BCUT2D eigenvalue weighted by Gasteiger charge is -2.38. The molecule has 0 atom stereocenters. The number of ketones is 1. The number of Topliss-reactive ketones (excluding diaryl/α,β-unsaturated/α-hetero) is 1. The number of likely N-dealkylation sites (tertiary alicyclic amines) is 1. The number of hydrogen-bond donors (Lipinski definition) is 1. The van der Waals surface area contributed by atoms with Gasteiger partial charge in [0.05, 0.1) is 5.60 Å². The number of benzene rings is 1. The lowest BCUT2D eigenvalue weighted by Crippen LogP contribution is -2.48. The fourth-order valence-electron chi connectivity index (χ4n) is 2.65. The van der Waals surface area contributed by atoms with Crippen LogP contribution in [0.25, 0.3) is 0 Å². The number of aliphatic hydroxyl groups is 1. The lowest BCUT2D eigenvalue weighted by molar-refractivity contribution is -0.0321. The van der Waals surface area contributed by atoms with E-state index in [0.717, 1.165) is 0 Å². The largest absolute Gasteiger partial charge is 0.444 e. The Morgan fingerprint density at radius 2 is 1.75 bits per heavy atom. The number of rotatable bonds is 3. The summed E-state index contributed by atoms with van der Waals surface area (Å²) >= 11 is 0. The molecule has 1 fully saturated rings. The fourth-order valence-corrected chi connectivity index (χ4v) is 2.65. The molecule has 132 valence electrons. The topological polar surface area (TPSA) is 66.8 Å². The van der Waals surface area contributed by atoms with E-state index in [-0.39, 0.29) is 12.2 Å². The Labute approximate surface area is 141 Å². The number of carbonyl (C=O) groups excluding carboxylic acids is 2. The molecule has 5 nitrogen and oxygen atoms in total. The maximum absolute atomic E-state index is 12.9. The molecule has 0 aromatic heterocycles. The Bertz CT molecular complexity index is 598. The molecule has 0 radical (unpaired) electrons. The van der Waals surface area contributed by atoms with E-state index in [1.54, 1.807) is 25.7 Å². The highest BCUT2D eigenvalue weighted by molar-refractivity contribution is 5.96. The van der Waals surface area contributed by atoms with Gasteiger partial charge >= 0.3 is 6.09 Å². The molecule has 1 aliphatic rings. The van der Waals surface area contributed by atoms with Gasteiger partial charge in [-0.15, -0.1) is 0 Å². The summed E-state index contributed by atoms with van der Waals surface area (Å²) in [4.78, 5) is 25.8. The van der Waals surface area contributed by atoms with Crippen LogP contribution >= 0.6 is 0 Å². The summed E-state index contributed by atoms with van der Waals surface area (Å²) in [7, 11) is 0. The van der Waals surface area contributed by atoms with Gasteiger partial charge in [0.1, 0.15) is 11.4 Å². The van der Waals surface area contributed by atoms with Crippen molar-refractivity contribution in [1.29, 1.82) is 0 Å². The van der Waals surface area contributed by atoms with E-state index in [1.165, 1.54) is 24.3 Å². The van der Waals surface area contributed by atoms with Crippen LogP contribution < -0.4 is 0 Å². The molecular weight excluding hydrogens is 313 g/mol. The van der Waals surface area contributed by atoms with E-state index in [4.69, 9.17) is 4.74 Å². The number of ether oxygens (including phenoxy) is 1. The SMILES string of the molecule is CC(C)(C)OC(=O)N1CCC(O)(CC(=O)c2ccc(F)cc2)CC1. The molecule has 1 aromatic rings. The highest BCUT2D eigenvalue weighted by atomic mass is 19.1. The third-order valence-corrected chi connectivity index (χ3v) is 4.00. The number of halogens is 1. The van der Waals surface area contributed by atoms with Gasteiger partial charge in [0.15, 0.2) is 5.78 Å². The van der Waals surface area contributed by atoms with Gasteiger partial charge in [-0.25, -0.2) is 9.18 Å². The minimum Gasteiger partial charge on any atom is -0.444 e. The molecule has 1 N–H and O–H groups in total. The van der Waals surface area contributed by atoms with E-state index in [2.05, 4.69) is 0 Å². The second kappa shape index (κ2) is 6.89. The highest BCUT2D eigenvalue weighted by Crippen LogP contribution is 2.28. The Morgan fingerprint density at radius 1 is 1.21 bits per heavy atom. The minimum absolute atomic E-state index is 0.0409. The Kier molecular flexibility index (Phi) is 5.28. The maximum Gasteiger partial charge on any atom is 0.410 e. The van der Waals surface area contributed by atoms with Gasteiger partial charge < -0.3 is 14.7 Å². The molecule has 1 aromatic carbocycles. The van der Waals surface area contributed by atoms with Gasteiger partial charge in [-0.3, -0.25) is 4.79 Å². The number of piperidine rings is 1. The van der Waals surface area contributed by atoms with E-state index in [0.29, 0.717) is 31.5 Å². The molecule has 1 saturated heterocycles. The smallest absolute Gasteiger partial charge is 0.410 e. The quantitative estimate of drug-likeness (QED) is 0.861. The summed E-state index contributed by atoms with van der Waals surface area (Å²) in [6, 6.07) is 5.28. The molecule has 0 unspecified atom stereocenters. The highest BCUT2D eigenvalue weighted by Gasteiger charge is 2.37. The van der Waals surface area contributed by atoms with E-state index < -0.39 is 23.1 Å². The molecule has 24 heavy (non-hydrogen) atoms. The van der Waals surface area contributed by atoms with Crippen molar-refractivity contribution in [2.75, 3.05) is 13.1 Å². The summed E-state index contributed by atoms with van der Waals surface area (Å²) in [6.07, 6.45) is 0.161. The van der Waals surface area contributed by atoms with Crippen LogP contribution in [-0.4, -0.2) is 46.2 Å². The van der Waals surface area contributed by atoms with Gasteiger partial charge in [0, 0.05) is 25.1 Å². The van der Waals surface area contributed by atoms with Crippen LogP contribution in [-0.2, 0) is 4.74 Å². The average Bonchev–Trinajstić information content (AvgIpc) is 2.46. The first kappa shape index (κ1) is 18.4. The maximum atomic E-state index is 12.9. The predicted molar refractivity (Wildman–Crippen MR) is 87.3 cm³/mol. The van der Waals surface area contributed by atoms with Crippen molar-refractivity contribution in [3.8, 4) is 0 Å². The van der Waals surface area contributed by atoms with Gasteiger partial charge in [0.2, 0.25) is 0 Å². The molecule has 0 bridgehead atoms.